The minimum atomic E-state index is 0.120. The number of benzene rings is 2. The van der Waals surface area contributed by atoms with Crippen molar-refractivity contribution in [3.05, 3.63) is 71.8 Å². The highest BCUT2D eigenvalue weighted by molar-refractivity contribution is 7.80. The molecule has 120 valence electrons. The van der Waals surface area contributed by atoms with Gasteiger partial charge in [0, 0.05) is 32.0 Å². The normalized spacial score (nSPS) is 20.4. The van der Waals surface area contributed by atoms with Crippen LogP contribution in [-0.2, 0) is 4.74 Å². The van der Waals surface area contributed by atoms with Crippen LogP contribution in [0.4, 0.5) is 0 Å². The summed E-state index contributed by atoms with van der Waals surface area (Å²) in [6.45, 7) is 0.822. The lowest BCUT2D eigenvalue weighted by Crippen LogP contribution is -2.29. The molecule has 1 aliphatic rings. The minimum Gasteiger partial charge on any atom is -0.466 e. The molecule has 1 aliphatic heterocycles. The molecule has 1 fully saturated rings. The van der Waals surface area contributed by atoms with Crippen molar-refractivity contribution < 1.29 is 4.74 Å². The lowest BCUT2D eigenvalue weighted by Gasteiger charge is -2.25. The Balaban J connectivity index is 1.81. The molecule has 0 unspecified atom stereocenters. The number of nitrogens with one attached hydrogen (secondary N) is 2. The summed E-state index contributed by atoms with van der Waals surface area (Å²) >= 11 is 5.12. The van der Waals surface area contributed by atoms with Crippen molar-refractivity contribution in [1.29, 1.82) is 0 Å². The van der Waals surface area contributed by atoms with Crippen LogP contribution in [0.5, 0.6) is 0 Å². The van der Waals surface area contributed by atoms with Gasteiger partial charge in [0.1, 0.15) is 6.10 Å². The van der Waals surface area contributed by atoms with E-state index in [0.29, 0.717) is 17.1 Å². The molecule has 0 aliphatic carbocycles. The van der Waals surface area contributed by atoms with E-state index >= 15 is 0 Å². The summed E-state index contributed by atoms with van der Waals surface area (Å²) in [5.41, 5.74) is 2.65. The molecule has 2 aromatic carbocycles. The van der Waals surface area contributed by atoms with E-state index in [4.69, 9.17) is 17.0 Å². The quantitative estimate of drug-likeness (QED) is 0.846. The van der Waals surface area contributed by atoms with E-state index in [9.17, 15) is 0 Å². The first-order valence-electron chi connectivity index (χ1n) is 7.99. The summed E-state index contributed by atoms with van der Waals surface area (Å²) in [6.07, 6.45) is 1.06. The number of hydrogen-bond donors (Lipinski definition) is 2. The fourth-order valence-electron chi connectivity index (χ4n) is 3.26. The van der Waals surface area contributed by atoms with Gasteiger partial charge >= 0.3 is 0 Å². The molecule has 2 atom stereocenters. The van der Waals surface area contributed by atoms with Crippen LogP contribution in [0.2, 0.25) is 0 Å². The van der Waals surface area contributed by atoms with Gasteiger partial charge in [-0.15, -0.1) is 0 Å². The second-order valence-corrected chi connectivity index (χ2v) is 6.20. The highest BCUT2D eigenvalue weighted by Gasteiger charge is 2.33. The van der Waals surface area contributed by atoms with Gasteiger partial charge in [-0.25, -0.2) is 0 Å². The molecular formula is C19H22N2OS. The molecule has 1 heterocycles. The van der Waals surface area contributed by atoms with Crippen molar-refractivity contribution in [2.45, 2.75) is 24.5 Å². The van der Waals surface area contributed by atoms with Gasteiger partial charge in [0.05, 0.1) is 0 Å². The maximum Gasteiger partial charge on any atom is 0.256 e. The molecule has 0 amide bonds. The van der Waals surface area contributed by atoms with Crippen LogP contribution in [0.25, 0.3) is 0 Å². The van der Waals surface area contributed by atoms with E-state index in [0.717, 1.165) is 13.0 Å². The fourth-order valence-corrected chi connectivity index (χ4v) is 3.40. The largest absolute Gasteiger partial charge is 0.466 e. The van der Waals surface area contributed by atoms with Crippen LogP contribution in [0.15, 0.2) is 60.7 Å². The number of rotatable bonds is 4. The standard InChI is InChI=1S/C19H22N2OS/c1-20-19(23)22-16-12-17(21-13-16)18(14-8-4-2-5-9-14)15-10-6-3-7-11-15/h2-11,16-18,21H,12-13H2,1H3,(H,20,23)/t16-,17+/m0/s1. The molecule has 3 rings (SSSR count). The first kappa shape index (κ1) is 16.0. The van der Waals surface area contributed by atoms with Crippen molar-refractivity contribution >= 4 is 17.4 Å². The Morgan fingerprint density at radius 3 is 2.17 bits per heavy atom. The monoisotopic (exact) mass is 326 g/mol. The Morgan fingerprint density at radius 1 is 1.09 bits per heavy atom. The summed E-state index contributed by atoms with van der Waals surface area (Å²) < 4.78 is 5.77. The second kappa shape index (κ2) is 7.57. The lowest BCUT2D eigenvalue weighted by molar-refractivity contribution is 0.203. The van der Waals surface area contributed by atoms with Gasteiger partial charge in [-0.2, -0.15) is 0 Å². The molecule has 0 spiro atoms. The van der Waals surface area contributed by atoms with Crippen molar-refractivity contribution in [2.24, 2.45) is 0 Å². The van der Waals surface area contributed by atoms with E-state index < -0.39 is 0 Å². The summed E-state index contributed by atoms with van der Waals surface area (Å²) in [6, 6.07) is 21.7. The summed E-state index contributed by atoms with van der Waals surface area (Å²) in [7, 11) is 1.79. The van der Waals surface area contributed by atoms with E-state index in [-0.39, 0.29) is 6.10 Å². The first-order chi connectivity index (χ1) is 11.3. The van der Waals surface area contributed by atoms with Gasteiger partial charge in [-0.05, 0) is 23.3 Å². The SMILES string of the molecule is CNC(=S)O[C@@H]1CN[C@@H](C(c2ccccc2)c2ccccc2)C1. The zero-order valence-corrected chi connectivity index (χ0v) is 14.1. The molecule has 3 nitrogen and oxygen atoms in total. The Kier molecular flexibility index (Phi) is 5.26. The molecule has 23 heavy (non-hydrogen) atoms. The number of hydrogen-bond acceptors (Lipinski definition) is 3. The predicted octanol–water partition coefficient (Wildman–Crippen LogP) is 3.07. The molecule has 2 N–H and O–H groups in total. The van der Waals surface area contributed by atoms with Gasteiger partial charge in [0.25, 0.3) is 5.17 Å². The van der Waals surface area contributed by atoms with Gasteiger partial charge < -0.3 is 15.4 Å². The third-order valence-corrected chi connectivity index (χ3v) is 4.62. The lowest BCUT2D eigenvalue weighted by atomic mass is 9.84. The van der Waals surface area contributed by atoms with E-state index in [1.807, 2.05) is 0 Å². The summed E-state index contributed by atoms with van der Waals surface area (Å²) in [5, 5.41) is 6.97. The van der Waals surface area contributed by atoms with E-state index in [1.54, 1.807) is 7.05 Å². The zero-order chi connectivity index (χ0) is 16.1. The average Bonchev–Trinajstić information content (AvgIpc) is 3.05. The molecule has 0 aromatic heterocycles. The molecule has 0 radical (unpaired) electrons. The van der Waals surface area contributed by atoms with Crippen LogP contribution in [0.3, 0.4) is 0 Å². The number of thiocarbonyl (C=S) groups is 1. The van der Waals surface area contributed by atoms with E-state index in [2.05, 4.69) is 71.3 Å². The van der Waals surface area contributed by atoms with Crippen LogP contribution >= 0.6 is 12.2 Å². The average molecular weight is 326 g/mol. The van der Waals surface area contributed by atoms with Crippen LogP contribution in [0, 0.1) is 0 Å². The highest BCUT2D eigenvalue weighted by atomic mass is 32.1. The number of ether oxygens (including phenoxy) is 1. The van der Waals surface area contributed by atoms with Gasteiger partial charge in [0.15, 0.2) is 0 Å². The van der Waals surface area contributed by atoms with Crippen molar-refractivity contribution in [2.75, 3.05) is 13.6 Å². The maximum absolute atomic E-state index is 5.77. The van der Waals surface area contributed by atoms with Crippen LogP contribution in [0.1, 0.15) is 23.5 Å². The smallest absolute Gasteiger partial charge is 0.256 e. The molecular weight excluding hydrogens is 304 g/mol. The van der Waals surface area contributed by atoms with Gasteiger partial charge in [-0.3, -0.25) is 0 Å². The van der Waals surface area contributed by atoms with Crippen molar-refractivity contribution in [3.8, 4) is 0 Å². The zero-order valence-electron chi connectivity index (χ0n) is 13.2. The third-order valence-electron chi connectivity index (χ3n) is 4.32. The Bertz CT molecular complexity index is 593. The van der Waals surface area contributed by atoms with Gasteiger partial charge in [0.2, 0.25) is 0 Å². The molecule has 2 aromatic rings. The Labute approximate surface area is 143 Å². The Morgan fingerprint density at radius 2 is 1.65 bits per heavy atom. The summed E-state index contributed by atoms with van der Waals surface area (Å²) in [4.78, 5) is 0. The molecule has 1 saturated heterocycles. The first-order valence-corrected chi connectivity index (χ1v) is 8.40. The molecule has 4 heteroatoms. The fraction of sp³-hybridized carbons (Fsp3) is 0.316. The van der Waals surface area contributed by atoms with Crippen molar-refractivity contribution in [3.63, 3.8) is 0 Å². The van der Waals surface area contributed by atoms with Crippen LogP contribution in [-0.4, -0.2) is 30.9 Å². The van der Waals surface area contributed by atoms with Gasteiger partial charge in [-0.1, -0.05) is 60.7 Å². The highest BCUT2D eigenvalue weighted by Crippen LogP contribution is 2.32. The predicted molar refractivity (Wildman–Crippen MR) is 97.7 cm³/mol. The topological polar surface area (TPSA) is 33.3 Å². The Hall–Kier alpha value is -1.91. The third kappa shape index (κ3) is 3.89. The maximum atomic E-state index is 5.77. The van der Waals surface area contributed by atoms with Crippen molar-refractivity contribution in [1.82, 2.24) is 10.6 Å². The minimum absolute atomic E-state index is 0.120. The van der Waals surface area contributed by atoms with Crippen LogP contribution < -0.4 is 10.6 Å². The van der Waals surface area contributed by atoms with E-state index in [1.165, 1.54) is 11.1 Å². The molecule has 0 saturated carbocycles. The molecule has 0 bridgehead atoms. The second-order valence-electron chi connectivity index (χ2n) is 5.83. The summed E-state index contributed by atoms with van der Waals surface area (Å²) in [5.74, 6) is 0.314.